The Kier molecular flexibility index (Phi) is 4.18. The number of benzene rings is 1. The highest BCUT2D eigenvalue weighted by molar-refractivity contribution is 5.34. The van der Waals surface area contributed by atoms with Crippen molar-refractivity contribution in [3.63, 3.8) is 0 Å². The second kappa shape index (κ2) is 6.24. The van der Waals surface area contributed by atoms with Gasteiger partial charge < -0.3 is 10.5 Å². The minimum atomic E-state index is 0.0273. The number of rotatable bonds is 3. The first-order chi connectivity index (χ1) is 10.3. The van der Waals surface area contributed by atoms with Gasteiger partial charge in [0.15, 0.2) is 0 Å². The summed E-state index contributed by atoms with van der Waals surface area (Å²) in [6.07, 6.45) is 3.70. The molecule has 2 atom stereocenters. The molecule has 2 heterocycles. The van der Waals surface area contributed by atoms with E-state index in [0.29, 0.717) is 6.61 Å². The standard InChI is InChI=1S/C17H21N3O/c1-13(18)17(14-6-4-8-19-11-14)20-9-10-21-16-7-3-2-5-15(16)12-20/h2-8,11,13,17H,9-10,12,18H2,1H3. The van der Waals surface area contributed by atoms with Crippen molar-refractivity contribution in [3.8, 4) is 5.75 Å². The Morgan fingerprint density at radius 1 is 1.24 bits per heavy atom. The van der Waals surface area contributed by atoms with Crippen LogP contribution in [0, 0.1) is 0 Å². The molecule has 2 aromatic rings. The monoisotopic (exact) mass is 283 g/mol. The highest BCUT2D eigenvalue weighted by Crippen LogP contribution is 2.29. The molecule has 1 aliphatic rings. The topological polar surface area (TPSA) is 51.4 Å². The van der Waals surface area contributed by atoms with Crippen molar-refractivity contribution in [2.75, 3.05) is 13.2 Å². The van der Waals surface area contributed by atoms with E-state index in [4.69, 9.17) is 10.5 Å². The molecule has 0 fully saturated rings. The minimum absolute atomic E-state index is 0.0273. The van der Waals surface area contributed by atoms with Gasteiger partial charge in [0.1, 0.15) is 12.4 Å². The Hall–Kier alpha value is -1.91. The molecule has 2 unspecified atom stereocenters. The largest absolute Gasteiger partial charge is 0.492 e. The SMILES string of the molecule is CC(N)C(c1cccnc1)N1CCOc2ccccc2C1. The van der Waals surface area contributed by atoms with Gasteiger partial charge in [-0.15, -0.1) is 0 Å². The third kappa shape index (κ3) is 3.06. The van der Waals surface area contributed by atoms with E-state index in [1.165, 1.54) is 5.56 Å². The first-order valence-electron chi connectivity index (χ1n) is 7.36. The van der Waals surface area contributed by atoms with Crippen LogP contribution in [0.15, 0.2) is 48.8 Å². The first-order valence-corrected chi connectivity index (χ1v) is 7.36. The molecule has 0 amide bonds. The van der Waals surface area contributed by atoms with Gasteiger partial charge >= 0.3 is 0 Å². The summed E-state index contributed by atoms with van der Waals surface area (Å²) in [5.74, 6) is 0.981. The number of fused-ring (bicyclic) bond motifs is 1. The molecule has 0 aliphatic carbocycles. The molecule has 4 nitrogen and oxygen atoms in total. The quantitative estimate of drug-likeness (QED) is 0.939. The Bertz CT molecular complexity index is 586. The van der Waals surface area contributed by atoms with E-state index >= 15 is 0 Å². The van der Waals surface area contributed by atoms with Crippen molar-refractivity contribution in [3.05, 3.63) is 59.9 Å². The molecule has 1 aromatic heterocycles. The molecule has 0 radical (unpaired) electrons. The molecule has 1 aromatic carbocycles. The van der Waals surface area contributed by atoms with E-state index in [-0.39, 0.29) is 12.1 Å². The fourth-order valence-electron chi connectivity index (χ4n) is 2.98. The van der Waals surface area contributed by atoms with Gasteiger partial charge in [-0.05, 0) is 24.6 Å². The smallest absolute Gasteiger partial charge is 0.123 e. The van der Waals surface area contributed by atoms with Crippen LogP contribution in [0.1, 0.15) is 24.1 Å². The van der Waals surface area contributed by atoms with Crippen LogP contribution in [-0.4, -0.2) is 29.1 Å². The molecular formula is C17H21N3O. The zero-order valence-electron chi connectivity index (χ0n) is 12.3. The second-order valence-electron chi connectivity index (χ2n) is 5.52. The summed E-state index contributed by atoms with van der Waals surface area (Å²) in [7, 11) is 0. The molecule has 110 valence electrons. The summed E-state index contributed by atoms with van der Waals surface area (Å²) in [4.78, 5) is 6.62. The van der Waals surface area contributed by atoms with E-state index in [2.05, 4.69) is 35.0 Å². The van der Waals surface area contributed by atoms with Crippen molar-refractivity contribution < 1.29 is 4.74 Å². The van der Waals surface area contributed by atoms with E-state index in [1.807, 2.05) is 24.4 Å². The van der Waals surface area contributed by atoms with Gasteiger partial charge in [-0.3, -0.25) is 9.88 Å². The second-order valence-corrected chi connectivity index (χ2v) is 5.52. The lowest BCUT2D eigenvalue weighted by Crippen LogP contribution is -2.40. The van der Waals surface area contributed by atoms with E-state index in [9.17, 15) is 0 Å². The first kappa shape index (κ1) is 14.0. The van der Waals surface area contributed by atoms with Crippen LogP contribution in [-0.2, 0) is 6.54 Å². The Morgan fingerprint density at radius 2 is 2.10 bits per heavy atom. The van der Waals surface area contributed by atoms with Crippen molar-refractivity contribution in [2.45, 2.75) is 25.6 Å². The average molecular weight is 283 g/mol. The van der Waals surface area contributed by atoms with Crippen molar-refractivity contribution in [2.24, 2.45) is 5.73 Å². The van der Waals surface area contributed by atoms with Gasteiger partial charge in [0.25, 0.3) is 0 Å². The van der Waals surface area contributed by atoms with Crippen LogP contribution in [0.5, 0.6) is 5.75 Å². The van der Waals surface area contributed by atoms with Crippen LogP contribution >= 0.6 is 0 Å². The fraction of sp³-hybridized carbons (Fsp3) is 0.353. The molecule has 3 rings (SSSR count). The summed E-state index contributed by atoms with van der Waals surface area (Å²) in [5, 5.41) is 0. The molecule has 21 heavy (non-hydrogen) atoms. The molecule has 4 heteroatoms. The molecule has 2 N–H and O–H groups in total. The molecule has 0 bridgehead atoms. The Labute approximate surface area is 125 Å². The number of nitrogens with zero attached hydrogens (tertiary/aromatic N) is 2. The van der Waals surface area contributed by atoms with E-state index in [0.717, 1.165) is 24.4 Å². The lowest BCUT2D eigenvalue weighted by atomic mass is 10.00. The predicted molar refractivity (Wildman–Crippen MR) is 83.0 cm³/mol. The molecule has 0 saturated heterocycles. The number of ether oxygens (including phenoxy) is 1. The summed E-state index contributed by atoms with van der Waals surface area (Å²) >= 11 is 0. The van der Waals surface area contributed by atoms with Gasteiger partial charge in [0, 0.05) is 37.1 Å². The van der Waals surface area contributed by atoms with Gasteiger partial charge in [0.2, 0.25) is 0 Å². The van der Waals surface area contributed by atoms with Gasteiger partial charge in [-0.1, -0.05) is 24.3 Å². The van der Waals surface area contributed by atoms with Crippen molar-refractivity contribution in [1.29, 1.82) is 0 Å². The number of nitrogens with two attached hydrogens (primary N) is 1. The summed E-state index contributed by atoms with van der Waals surface area (Å²) in [6.45, 7) is 4.43. The van der Waals surface area contributed by atoms with Crippen LogP contribution < -0.4 is 10.5 Å². The lowest BCUT2D eigenvalue weighted by molar-refractivity contribution is 0.152. The van der Waals surface area contributed by atoms with Gasteiger partial charge in [-0.25, -0.2) is 0 Å². The predicted octanol–water partition coefficient (Wildman–Crippen LogP) is 2.36. The maximum atomic E-state index is 6.26. The summed E-state index contributed by atoms with van der Waals surface area (Å²) in [5.41, 5.74) is 8.63. The van der Waals surface area contributed by atoms with Crippen LogP contribution in [0.2, 0.25) is 0 Å². The minimum Gasteiger partial charge on any atom is -0.492 e. The summed E-state index contributed by atoms with van der Waals surface area (Å²) in [6, 6.07) is 12.5. The maximum absolute atomic E-state index is 6.26. The maximum Gasteiger partial charge on any atom is 0.123 e. The molecule has 1 aliphatic heterocycles. The molecule has 0 saturated carbocycles. The zero-order valence-corrected chi connectivity index (χ0v) is 12.3. The number of para-hydroxylation sites is 1. The number of pyridine rings is 1. The normalized spacial score (nSPS) is 18.2. The van der Waals surface area contributed by atoms with Gasteiger partial charge in [-0.2, -0.15) is 0 Å². The molecular weight excluding hydrogens is 262 g/mol. The van der Waals surface area contributed by atoms with Crippen LogP contribution in [0.4, 0.5) is 0 Å². The van der Waals surface area contributed by atoms with Crippen LogP contribution in [0.3, 0.4) is 0 Å². The third-order valence-corrected chi connectivity index (χ3v) is 3.90. The summed E-state index contributed by atoms with van der Waals surface area (Å²) < 4.78 is 5.85. The highest BCUT2D eigenvalue weighted by Gasteiger charge is 2.26. The third-order valence-electron chi connectivity index (χ3n) is 3.90. The number of hydrogen-bond acceptors (Lipinski definition) is 4. The molecule has 0 spiro atoms. The number of aromatic nitrogens is 1. The fourth-order valence-corrected chi connectivity index (χ4v) is 2.98. The zero-order chi connectivity index (χ0) is 14.7. The van der Waals surface area contributed by atoms with Crippen molar-refractivity contribution in [1.82, 2.24) is 9.88 Å². The van der Waals surface area contributed by atoms with E-state index < -0.39 is 0 Å². The average Bonchev–Trinajstić information content (AvgIpc) is 2.70. The lowest BCUT2D eigenvalue weighted by Gasteiger charge is -2.33. The van der Waals surface area contributed by atoms with E-state index in [1.54, 1.807) is 6.20 Å². The van der Waals surface area contributed by atoms with Gasteiger partial charge in [0.05, 0.1) is 6.04 Å². The number of hydrogen-bond donors (Lipinski definition) is 1. The Balaban J connectivity index is 1.90. The van der Waals surface area contributed by atoms with Crippen LogP contribution in [0.25, 0.3) is 0 Å². The Morgan fingerprint density at radius 3 is 2.86 bits per heavy atom. The highest BCUT2D eigenvalue weighted by atomic mass is 16.5. The van der Waals surface area contributed by atoms with Crippen molar-refractivity contribution >= 4 is 0 Å².